The average Bonchev–Trinajstić information content (AvgIpc) is 2.69. The van der Waals surface area contributed by atoms with E-state index in [9.17, 15) is 0 Å². The molecule has 2 N–H and O–H groups in total. The quantitative estimate of drug-likeness (QED) is 0.308. The number of benzene rings is 3. The van der Waals surface area contributed by atoms with Crippen LogP contribution in [0.3, 0.4) is 0 Å². The number of thiocarbonyl (C=S) groups is 1. The van der Waals surface area contributed by atoms with Crippen LogP contribution in [-0.2, 0) is 6.61 Å². The van der Waals surface area contributed by atoms with Gasteiger partial charge in [-0.05, 0) is 71.9 Å². The predicted octanol–water partition coefficient (Wildman–Crippen LogP) is 5.35. The highest BCUT2D eigenvalue weighted by molar-refractivity contribution is 9.10. The van der Waals surface area contributed by atoms with Crippen LogP contribution in [0.15, 0.2) is 88.4 Å². The molecule has 4 nitrogen and oxygen atoms in total. The van der Waals surface area contributed by atoms with E-state index in [-0.39, 0.29) is 0 Å². The molecule has 0 aliphatic rings. The Hall–Kier alpha value is -2.70. The van der Waals surface area contributed by atoms with Crippen LogP contribution in [0.25, 0.3) is 0 Å². The van der Waals surface area contributed by atoms with Gasteiger partial charge in [-0.2, -0.15) is 5.10 Å². The third kappa shape index (κ3) is 6.51. The summed E-state index contributed by atoms with van der Waals surface area (Å²) in [5, 5.41) is 7.64. The second-order valence-electron chi connectivity index (χ2n) is 5.67. The Balaban J connectivity index is 1.46. The van der Waals surface area contributed by atoms with Gasteiger partial charge in [-0.3, -0.25) is 5.43 Å². The largest absolute Gasteiger partial charge is 0.489 e. The minimum Gasteiger partial charge on any atom is -0.489 e. The molecule has 0 radical (unpaired) electrons. The second kappa shape index (κ2) is 9.85. The van der Waals surface area contributed by atoms with E-state index >= 15 is 0 Å². The molecule has 0 atom stereocenters. The van der Waals surface area contributed by atoms with Crippen molar-refractivity contribution in [1.82, 2.24) is 5.43 Å². The normalized spacial score (nSPS) is 10.6. The summed E-state index contributed by atoms with van der Waals surface area (Å²) in [6.45, 7) is 0.529. The van der Waals surface area contributed by atoms with E-state index in [4.69, 9.17) is 17.0 Å². The minimum atomic E-state index is 0.437. The van der Waals surface area contributed by atoms with Gasteiger partial charge in [-0.25, -0.2) is 0 Å². The summed E-state index contributed by atoms with van der Waals surface area (Å²) in [5.41, 5.74) is 5.78. The highest BCUT2D eigenvalue weighted by Crippen LogP contribution is 2.15. The van der Waals surface area contributed by atoms with E-state index in [0.29, 0.717) is 11.7 Å². The zero-order chi connectivity index (χ0) is 18.9. The van der Waals surface area contributed by atoms with Gasteiger partial charge in [-0.15, -0.1) is 0 Å². The molecular weight excluding hydrogens is 422 g/mol. The van der Waals surface area contributed by atoms with Crippen molar-refractivity contribution in [2.75, 3.05) is 5.32 Å². The predicted molar refractivity (Wildman–Crippen MR) is 118 cm³/mol. The van der Waals surface area contributed by atoms with Crippen LogP contribution in [0.1, 0.15) is 11.1 Å². The first kappa shape index (κ1) is 19.1. The number of nitrogens with one attached hydrogen (secondary N) is 2. The molecule has 0 aliphatic carbocycles. The molecule has 0 heterocycles. The van der Waals surface area contributed by atoms with E-state index in [1.54, 1.807) is 6.21 Å². The lowest BCUT2D eigenvalue weighted by Crippen LogP contribution is -2.23. The van der Waals surface area contributed by atoms with E-state index in [1.165, 1.54) is 0 Å². The van der Waals surface area contributed by atoms with Crippen LogP contribution in [0, 0.1) is 0 Å². The Morgan fingerprint density at radius 1 is 0.963 bits per heavy atom. The molecule has 0 spiro atoms. The van der Waals surface area contributed by atoms with Gasteiger partial charge in [-0.1, -0.05) is 46.3 Å². The van der Waals surface area contributed by atoms with Crippen LogP contribution >= 0.6 is 28.1 Å². The molecule has 0 bridgehead atoms. The smallest absolute Gasteiger partial charge is 0.191 e. The molecule has 3 rings (SSSR count). The highest BCUT2D eigenvalue weighted by atomic mass is 79.9. The van der Waals surface area contributed by atoms with Crippen molar-refractivity contribution in [2.45, 2.75) is 6.61 Å². The van der Waals surface area contributed by atoms with Crippen LogP contribution in [0.5, 0.6) is 5.75 Å². The molecule has 0 saturated heterocycles. The monoisotopic (exact) mass is 439 g/mol. The molecule has 0 aliphatic heterocycles. The van der Waals surface area contributed by atoms with Gasteiger partial charge in [0.2, 0.25) is 0 Å². The Labute approximate surface area is 172 Å². The SMILES string of the molecule is S=C(N/N=C\c1ccc(OCc2ccc(Br)cc2)cc1)Nc1ccccc1. The number of hydrazone groups is 1. The maximum atomic E-state index is 5.79. The van der Waals surface area contributed by atoms with Gasteiger partial charge in [0, 0.05) is 10.2 Å². The maximum absolute atomic E-state index is 5.79. The minimum absolute atomic E-state index is 0.437. The molecule has 27 heavy (non-hydrogen) atoms. The molecule has 3 aromatic carbocycles. The number of hydrogen-bond acceptors (Lipinski definition) is 3. The third-order valence-electron chi connectivity index (χ3n) is 3.61. The van der Waals surface area contributed by atoms with Gasteiger partial charge in [0.1, 0.15) is 12.4 Å². The number of ether oxygens (including phenoxy) is 1. The van der Waals surface area contributed by atoms with Gasteiger partial charge in [0.05, 0.1) is 6.21 Å². The molecule has 6 heteroatoms. The van der Waals surface area contributed by atoms with Crippen molar-refractivity contribution >= 4 is 45.2 Å². The molecule has 0 fully saturated rings. The van der Waals surface area contributed by atoms with Crippen LogP contribution < -0.4 is 15.5 Å². The topological polar surface area (TPSA) is 45.7 Å². The van der Waals surface area contributed by atoms with Gasteiger partial charge in [0.25, 0.3) is 0 Å². The summed E-state index contributed by atoms with van der Waals surface area (Å²) in [7, 11) is 0. The second-order valence-corrected chi connectivity index (χ2v) is 7.00. The van der Waals surface area contributed by atoms with Crippen molar-refractivity contribution < 1.29 is 4.74 Å². The average molecular weight is 440 g/mol. The number of nitrogens with zero attached hydrogens (tertiary/aromatic N) is 1. The number of rotatable bonds is 6. The van der Waals surface area contributed by atoms with Crippen molar-refractivity contribution in [1.29, 1.82) is 0 Å². The maximum Gasteiger partial charge on any atom is 0.191 e. The van der Waals surface area contributed by atoms with E-state index in [0.717, 1.165) is 27.0 Å². The van der Waals surface area contributed by atoms with Gasteiger partial charge < -0.3 is 10.1 Å². The Morgan fingerprint density at radius 2 is 1.67 bits per heavy atom. The Bertz CT molecular complexity index is 897. The Kier molecular flexibility index (Phi) is 6.96. The fraction of sp³-hybridized carbons (Fsp3) is 0.0476. The zero-order valence-electron chi connectivity index (χ0n) is 14.4. The summed E-state index contributed by atoms with van der Waals surface area (Å²) in [4.78, 5) is 0. The summed E-state index contributed by atoms with van der Waals surface area (Å²) < 4.78 is 6.85. The van der Waals surface area contributed by atoms with Crippen LogP contribution in [0.2, 0.25) is 0 Å². The first-order valence-electron chi connectivity index (χ1n) is 8.31. The fourth-order valence-electron chi connectivity index (χ4n) is 2.24. The summed E-state index contributed by atoms with van der Waals surface area (Å²) >= 11 is 8.63. The number of halogens is 1. The van der Waals surface area contributed by atoms with Crippen LogP contribution in [0.4, 0.5) is 5.69 Å². The number of anilines is 1. The molecule has 0 unspecified atom stereocenters. The van der Waals surface area contributed by atoms with Gasteiger partial charge in [0.15, 0.2) is 5.11 Å². The van der Waals surface area contributed by atoms with E-state index in [2.05, 4.69) is 31.8 Å². The molecule has 3 aromatic rings. The third-order valence-corrected chi connectivity index (χ3v) is 4.33. The Morgan fingerprint density at radius 3 is 2.37 bits per heavy atom. The summed E-state index contributed by atoms with van der Waals surface area (Å²) in [5.74, 6) is 0.810. The number of hydrogen-bond donors (Lipinski definition) is 2. The molecule has 0 saturated carbocycles. The summed E-state index contributed by atoms with van der Waals surface area (Å²) in [6.07, 6.45) is 1.71. The van der Waals surface area contributed by atoms with Crippen LogP contribution in [-0.4, -0.2) is 11.3 Å². The summed E-state index contributed by atoms with van der Waals surface area (Å²) in [6, 6.07) is 25.5. The van der Waals surface area contributed by atoms with Crippen molar-refractivity contribution in [2.24, 2.45) is 5.10 Å². The first-order valence-corrected chi connectivity index (χ1v) is 9.51. The van der Waals surface area contributed by atoms with Crippen molar-refractivity contribution in [3.8, 4) is 5.75 Å². The number of para-hydroxylation sites is 1. The molecule has 0 aromatic heterocycles. The van der Waals surface area contributed by atoms with Crippen molar-refractivity contribution in [3.63, 3.8) is 0 Å². The standard InChI is InChI=1S/C21H18BrN3OS/c22-18-10-6-17(7-11-18)15-26-20-12-8-16(9-13-20)14-23-25-21(27)24-19-4-2-1-3-5-19/h1-14H,15H2,(H2,24,25,27)/b23-14-. The fourth-order valence-corrected chi connectivity index (χ4v) is 2.68. The van der Waals surface area contributed by atoms with E-state index < -0.39 is 0 Å². The van der Waals surface area contributed by atoms with E-state index in [1.807, 2.05) is 78.9 Å². The zero-order valence-corrected chi connectivity index (χ0v) is 16.8. The molecular formula is C21H18BrN3OS. The lowest BCUT2D eigenvalue weighted by molar-refractivity contribution is 0.306. The first-order chi connectivity index (χ1) is 13.2. The lowest BCUT2D eigenvalue weighted by Gasteiger charge is -2.07. The van der Waals surface area contributed by atoms with Gasteiger partial charge >= 0.3 is 0 Å². The lowest BCUT2D eigenvalue weighted by atomic mass is 10.2. The van der Waals surface area contributed by atoms with Crippen molar-refractivity contribution in [3.05, 3.63) is 94.5 Å². The molecule has 0 amide bonds. The molecule has 136 valence electrons. The highest BCUT2D eigenvalue weighted by Gasteiger charge is 1.98.